The largest absolute Gasteiger partial charge is 0.374 e. The molecule has 1 unspecified atom stereocenters. The van der Waals surface area contributed by atoms with Crippen LogP contribution < -0.4 is 10.2 Å². The normalized spacial score (nSPS) is 17.7. The molecule has 0 bridgehead atoms. The second-order valence-electron chi connectivity index (χ2n) is 5.51. The maximum atomic E-state index is 4.51. The zero-order chi connectivity index (χ0) is 13.9. The predicted molar refractivity (Wildman–Crippen MR) is 84.5 cm³/mol. The Balaban J connectivity index is 1.74. The third-order valence-corrected chi connectivity index (χ3v) is 4.02. The first-order chi connectivity index (χ1) is 9.74. The van der Waals surface area contributed by atoms with Crippen LogP contribution in [0.1, 0.15) is 23.6 Å². The van der Waals surface area contributed by atoms with E-state index in [4.69, 9.17) is 0 Å². The summed E-state index contributed by atoms with van der Waals surface area (Å²) in [6.45, 7) is 4.09. The highest BCUT2D eigenvalue weighted by Gasteiger charge is 2.22. The predicted octanol–water partition coefficient (Wildman–Crippen LogP) is 3.43. The van der Waals surface area contributed by atoms with Gasteiger partial charge in [0.05, 0.1) is 0 Å². The van der Waals surface area contributed by atoms with E-state index in [-0.39, 0.29) is 0 Å². The second-order valence-corrected chi connectivity index (χ2v) is 5.51. The van der Waals surface area contributed by atoms with Crippen molar-refractivity contribution in [3.8, 4) is 0 Å². The molecule has 3 nitrogen and oxygen atoms in total. The van der Waals surface area contributed by atoms with Gasteiger partial charge in [-0.2, -0.15) is 0 Å². The molecule has 1 aliphatic rings. The molecule has 104 valence electrons. The summed E-state index contributed by atoms with van der Waals surface area (Å²) in [6.07, 6.45) is 1.19. The Labute approximate surface area is 120 Å². The van der Waals surface area contributed by atoms with Crippen molar-refractivity contribution in [1.29, 1.82) is 0 Å². The molecule has 20 heavy (non-hydrogen) atoms. The van der Waals surface area contributed by atoms with Gasteiger partial charge in [-0.3, -0.25) is 0 Å². The van der Waals surface area contributed by atoms with Crippen molar-refractivity contribution >= 4 is 11.5 Å². The first-order valence-corrected chi connectivity index (χ1v) is 7.21. The SMILES string of the molecule is Cc1cccc(NCC2CCN(C)c3ccccc32)n1. The summed E-state index contributed by atoms with van der Waals surface area (Å²) in [5.41, 5.74) is 3.86. The van der Waals surface area contributed by atoms with Crippen molar-refractivity contribution in [3.05, 3.63) is 53.7 Å². The van der Waals surface area contributed by atoms with Gasteiger partial charge in [-0.25, -0.2) is 4.98 Å². The van der Waals surface area contributed by atoms with Gasteiger partial charge < -0.3 is 10.2 Å². The Kier molecular flexibility index (Phi) is 3.59. The minimum absolute atomic E-state index is 0.560. The Morgan fingerprint density at radius 1 is 1.20 bits per heavy atom. The molecule has 0 saturated heterocycles. The molecule has 0 amide bonds. The van der Waals surface area contributed by atoms with E-state index in [0.717, 1.165) is 24.6 Å². The van der Waals surface area contributed by atoms with Crippen molar-refractivity contribution in [2.24, 2.45) is 0 Å². The number of nitrogens with zero attached hydrogens (tertiary/aromatic N) is 2. The summed E-state index contributed by atoms with van der Waals surface area (Å²) in [4.78, 5) is 6.85. The number of fused-ring (bicyclic) bond motifs is 1. The van der Waals surface area contributed by atoms with Crippen LogP contribution in [0.15, 0.2) is 42.5 Å². The molecule has 3 heteroatoms. The van der Waals surface area contributed by atoms with Crippen LogP contribution in [0.2, 0.25) is 0 Å². The number of benzene rings is 1. The minimum atomic E-state index is 0.560. The summed E-state index contributed by atoms with van der Waals surface area (Å²) >= 11 is 0. The number of para-hydroxylation sites is 1. The van der Waals surface area contributed by atoms with Crippen molar-refractivity contribution in [3.63, 3.8) is 0 Å². The van der Waals surface area contributed by atoms with Crippen LogP contribution in [-0.4, -0.2) is 25.1 Å². The fraction of sp³-hybridized carbons (Fsp3) is 0.353. The standard InChI is InChI=1S/C17H21N3/c1-13-6-5-9-17(19-13)18-12-14-10-11-20(2)16-8-4-3-7-15(14)16/h3-9,14H,10-12H2,1-2H3,(H,18,19). The van der Waals surface area contributed by atoms with E-state index in [1.54, 1.807) is 0 Å². The summed E-state index contributed by atoms with van der Waals surface area (Å²) < 4.78 is 0. The van der Waals surface area contributed by atoms with Crippen LogP contribution in [0.25, 0.3) is 0 Å². The second kappa shape index (κ2) is 5.53. The van der Waals surface area contributed by atoms with Gasteiger partial charge >= 0.3 is 0 Å². The summed E-state index contributed by atoms with van der Waals surface area (Å²) in [5, 5.41) is 3.48. The van der Waals surface area contributed by atoms with E-state index in [0.29, 0.717) is 5.92 Å². The molecular weight excluding hydrogens is 246 g/mol. The lowest BCUT2D eigenvalue weighted by molar-refractivity contribution is 0.614. The lowest BCUT2D eigenvalue weighted by Gasteiger charge is -2.33. The van der Waals surface area contributed by atoms with E-state index in [2.05, 4.69) is 46.5 Å². The first-order valence-electron chi connectivity index (χ1n) is 7.21. The highest BCUT2D eigenvalue weighted by molar-refractivity contribution is 5.57. The Morgan fingerprint density at radius 2 is 2.05 bits per heavy atom. The number of rotatable bonds is 3. The molecule has 1 aliphatic heterocycles. The molecule has 1 atom stereocenters. The number of hydrogen-bond donors (Lipinski definition) is 1. The van der Waals surface area contributed by atoms with Gasteiger partial charge in [0, 0.05) is 37.4 Å². The van der Waals surface area contributed by atoms with Crippen molar-refractivity contribution in [1.82, 2.24) is 4.98 Å². The Morgan fingerprint density at radius 3 is 2.90 bits per heavy atom. The van der Waals surface area contributed by atoms with E-state index in [1.807, 2.05) is 25.1 Å². The van der Waals surface area contributed by atoms with E-state index in [1.165, 1.54) is 17.7 Å². The van der Waals surface area contributed by atoms with E-state index < -0.39 is 0 Å². The maximum absolute atomic E-state index is 4.51. The Hall–Kier alpha value is -2.03. The van der Waals surface area contributed by atoms with Gasteiger partial charge in [0.25, 0.3) is 0 Å². The molecule has 2 aromatic rings. The quantitative estimate of drug-likeness (QED) is 0.923. The first kappa shape index (κ1) is 13.0. The summed E-state index contributed by atoms with van der Waals surface area (Å²) in [6, 6.07) is 14.8. The van der Waals surface area contributed by atoms with Crippen molar-refractivity contribution < 1.29 is 0 Å². The molecule has 0 aliphatic carbocycles. The van der Waals surface area contributed by atoms with Crippen LogP contribution in [-0.2, 0) is 0 Å². The fourth-order valence-electron chi connectivity index (χ4n) is 2.89. The van der Waals surface area contributed by atoms with Gasteiger partial charge in [-0.15, -0.1) is 0 Å². The van der Waals surface area contributed by atoms with Crippen molar-refractivity contribution in [2.75, 3.05) is 30.4 Å². The fourth-order valence-corrected chi connectivity index (χ4v) is 2.89. The third kappa shape index (κ3) is 2.62. The smallest absolute Gasteiger partial charge is 0.126 e. The highest BCUT2D eigenvalue weighted by atomic mass is 15.1. The summed E-state index contributed by atoms with van der Waals surface area (Å²) in [7, 11) is 2.17. The monoisotopic (exact) mass is 267 g/mol. The van der Waals surface area contributed by atoms with E-state index in [9.17, 15) is 0 Å². The highest BCUT2D eigenvalue weighted by Crippen LogP contribution is 2.34. The number of nitrogens with one attached hydrogen (secondary N) is 1. The van der Waals surface area contributed by atoms with E-state index >= 15 is 0 Å². The maximum Gasteiger partial charge on any atom is 0.126 e. The van der Waals surface area contributed by atoms with Gasteiger partial charge in [-0.1, -0.05) is 24.3 Å². The lowest BCUT2D eigenvalue weighted by atomic mass is 9.90. The topological polar surface area (TPSA) is 28.2 Å². The summed E-state index contributed by atoms with van der Waals surface area (Å²) in [5.74, 6) is 1.53. The molecule has 0 saturated carbocycles. The number of hydrogen-bond acceptors (Lipinski definition) is 3. The Bertz CT molecular complexity index is 594. The molecule has 1 N–H and O–H groups in total. The molecule has 2 heterocycles. The molecule has 0 radical (unpaired) electrons. The van der Waals surface area contributed by atoms with Crippen LogP contribution in [0.5, 0.6) is 0 Å². The third-order valence-electron chi connectivity index (χ3n) is 4.02. The average molecular weight is 267 g/mol. The molecule has 0 spiro atoms. The molecule has 1 aromatic carbocycles. The molecule has 1 aromatic heterocycles. The lowest BCUT2D eigenvalue weighted by Crippen LogP contribution is -2.29. The van der Waals surface area contributed by atoms with Crippen LogP contribution in [0.4, 0.5) is 11.5 Å². The van der Waals surface area contributed by atoms with Gasteiger partial charge in [0.1, 0.15) is 5.82 Å². The van der Waals surface area contributed by atoms with Crippen molar-refractivity contribution in [2.45, 2.75) is 19.3 Å². The zero-order valence-electron chi connectivity index (χ0n) is 12.1. The molecule has 0 fully saturated rings. The number of aryl methyl sites for hydroxylation is 1. The molecular formula is C17H21N3. The number of anilines is 2. The molecule has 3 rings (SSSR count). The van der Waals surface area contributed by atoms with Gasteiger partial charge in [-0.05, 0) is 37.1 Å². The van der Waals surface area contributed by atoms with Crippen LogP contribution >= 0.6 is 0 Å². The zero-order valence-corrected chi connectivity index (χ0v) is 12.1. The average Bonchev–Trinajstić information content (AvgIpc) is 2.47. The van der Waals surface area contributed by atoms with Crippen LogP contribution in [0, 0.1) is 6.92 Å². The van der Waals surface area contributed by atoms with Gasteiger partial charge in [0.15, 0.2) is 0 Å². The minimum Gasteiger partial charge on any atom is -0.374 e. The number of aromatic nitrogens is 1. The van der Waals surface area contributed by atoms with Crippen LogP contribution in [0.3, 0.4) is 0 Å². The number of pyridine rings is 1. The van der Waals surface area contributed by atoms with Gasteiger partial charge in [0.2, 0.25) is 0 Å².